The van der Waals surface area contributed by atoms with Gasteiger partial charge in [-0.25, -0.2) is 15.2 Å². The summed E-state index contributed by atoms with van der Waals surface area (Å²) in [5.41, 5.74) is 3.33. The van der Waals surface area contributed by atoms with Gasteiger partial charge in [0.25, 0.3) is 5.91 Å². The van der Waals surface area contributed by atoms with Crippen LogP contribution in [0, 0.1) is 0 Å². The van der Waals surface area contributed by atoms with Gasteiger partial charge in [-0.1, -0.05) is 30.3 Å². The van der Waals surface area contributed by atoms with Crippen molar-refractivity contribution in [2.75, 3.05) is 14.2 Å². The molecule has 9 heteroatoms. The second-order valence-corrected chi connectivity index (χ2v) is 6.95. The molecule has 9 nitrogen and oxygen atoms in total. The Hall–Kier alpha value is -4.79. The van der Waals surface area contributed by atoms with E-state index in [0.717, 1.165) is 10.8 Å². The second kappa shape index (κ2) is 10.2. The summed E-state index contributed by atoms with van der Waals surface area (Å²) < 4.78 is 16.2. The number of esters is 1. The van der Waals surface area contributed by atoms with Gasteiger partial charge in [0.2, 0.25) is 0 Å². The van der Waals surface area contributed by atoms with Gasteiger partial charge in [-0.15, -0.1) is 0 Å². The Kier molecular flexibility index (Phi) is 6.73. The van der Waals surface area contributed by atoms with Crippen molar-refractivity contribution < 1.29 is 23.8 Å². The van der Waals surface area contributed by atoms with E-state index in [9.17, 15) is 9.59 Å². The summed E-state index contributed by atoms with van der Waals surface area (Å²) in [7, 11) is 3.00. The van der Waals surface area contributed by atoms with Crippen LogP contribution in [-0.2, 0) is 0 Å². The number of hydrogen-bond donors (Lipinski definition) is 1. The van der Waals surface area contributed by atoms with Gasteiger partial charge < -0.3 is 14.2 Å². The van der Waals surface area contributed by atoms with Gasteiger partial charge in [-0.05, 0) is 35.0 Å². The topological polar surface area (TPSA) is 112 Å². The molecule has 4 rings (SSSR count). The van der Waals surface area contributed by atoms with Gasteiger partial charge in [-0.2, -0.15) is 5.10 Å². The first kappa shape index (κ1) is 22.4. The molecule has 34 heavy (non-hydrogen) atoms. The quantitative estimate of drug-likeness (QED) is 0.196. The zero-order chi connectivity index (χ0) is 23.9. The number of carbonyl (C=O) groups is 2. The molecule has 3 aromatic carbocycles. The number of nitrogens with one attached hydrogen (secondary N) is 1. The van der Waals surface area contributed by atoms with E-state index in [1.54, 1.807) is 18.2 Å². The summed E-state index contributed by atoms with van der Waals surface area (Å²) in [6.07, 6.45) is 5.64. The summed E-state index contributed by atoms with van der Waals surface area (Å²) in [5, 5.41) is 5.74. The van der Waals surface area contributed by atoms with Crippen molar-refractivity contribution in [3.63, 3.8) is 0 Å². The van der Waals surface area contributed by atoms with Crippen LogP contribution in [0.1, 0.15) is 26.4 Å². The lowest BCUT2D eigenvalue weighted by Crippen LogP contribution is -2.19. The monoisotopic (exact) mass is 456 g/mol. The van der Waals surface area contributed by atoms with Crippen molar-refractivity contribution in [2.45, 2.75) is 0 Å². The molecule has 0 radical (unpaired) electrons. The molecule has 0 aliphatic heterocycles. The minimum atomic E-state index is -0.588. The molecule has 0 unspecified atom stereocenters. The van der Waals surface area contributed by atoms with E-state index >= 15 is 0 Å². The second-order valence-electron chi connectivity index (χ2n) is 6.95. The fraction of sp³-hybridized carbons (Fsp3) is 0.0800. The lowest BCUT2D eigenvalue weighted by atomic mass is 10.0. The Labute approximate surface area is 195 Å². The standard InChI is InChI=1S/C25H20N4O5/c1-32-22-10-8-17(13-23(22)33-2)25(31)34-21-9-7-16-5-3-4-6-18(16)19(21)14-28-29-24(30)20-15-26-11-12-27-20/h3-15H,1-2H3,(H,29,30). The van der Waals surface area contributed by atoms with E-state index in [1.165, 1.54) is 45.1 Å². The molecule has 0 fully saturated rings. The molecule has 170 valence electrons. The normalized spacial score (nSPS) is 10.8. The summed E-state index contributed by atoms with van der Waals surface area (Å²) in [5.74, 6) is 0.0688. The highest BCUT2D eigenvalue weighted by Gasteiger charge is 2.16. The lowest BCUT2D eigenvalue weighted by Gasteiger charge is -2.12. The zero-order valence-electron chi connectivity index (χ0n) is 18.4. The number of benzene rings is 3. The molecule has 1 N–H and O–H groups in total. The van der Waals surface area contributed by atoms with Gasteiger partial charge >= 0.3 is 5.97 Å². The zero-order valence-corrected chi connectivity index (χ0v) is 18.4. The van der Waals surface area contributed by atoms with Crippen molar-refractivity contribution in [1.82, 2.24) is 15.4 Å². The molecule has 1 aromatic heterocycles. The van der Waals surface area contributed by atoms with Crippen LogP contribution in [0.25, 0.3) is 10.8 Å². The molecular formula is C25H20N4O5. The Morgan fingerprint density at radius 1 is 0.941 bits per heavy atom. The molecule has 0 saturated heterocycles. The Balaban J connectivity index is 1.63. The largest absolute Gasteiger partial charge is 0.493 e. The first-order chi connectivity index (χ1) is 16.6. The molecule has 1 heterocycles. The van der Waals surface area contributed by atoms with Gasteiger partial charge in [0.1, 0.15) is 11.4 Å². The number of ether oxygens (including phenoxy) is 3. The number of hydrazone groups is 1. The van der Waals surface area contributed by atoms with Crippen LogP contribution in [-0.4, -0.2) is 42.3 Å². The van der Waals surface area contributed by atoms with Crippen LogP contribution in [0.2, 0.25) is 0 Å². The molecular weight excluding hydrogens is 436 g/mol. The Bertz CT molecular complexity index is 1370. The van der Waals surface area contributed by atoms with E-state index in [1.807, 2.05) is 30.3 Å². The van der Waals surface area contributed by atoms with Crippen molar-refractivity contribution in [1.29, 1.82) is 0 Å². The molecule has 0 spiro atoms. The van der Waals surface area contributed by atoms with Gasteiger partial charge in [0, 0.05) is 18.0 Å². The Morgan fingerprint density at radius 3 is 2.50 bits per heavy atom. The average molecular weight is 456 g/mol. The maximum atomic E-state index is 12.9. The van der Waals surface area contributed by atoms with Crippen LogP contribution in [0.5, 0.6) is 17.2 Å². The summed E-state index contributed by atoms with van der Waals surface area (Å²) >= 11 is 0. The molecule has 4 aromatic rings. The number of amides is 1. The maximum Gasteiger partial charge on any atom is 0.343 e. The van der Waals surface area contributed by atoms with E-state index in [2.05, 4.69) is 20.5 Å². The van der Waals surface area contributed by atoms with Gasteiger partial charge in [-0.3, -0.25) is 9.78 Å². The first-order valence-corrected chi connectivity index (χ1v) is 10.2. The highest BCUT2D eigenvalue weighted by Crippen LogP contribution is 2.30. The highest BCUT2D eigenvalue weighted by atomic mass is 16.5. The predicted molar refractivity (Wildman–Crippen MR) is 126 cm³/mol. The average Bonchev–Trinajstić information content (AvgIpc) is 2.89. The minimum absolute atomic E-state index is 0.123. The van der Waals surface area contributed by atoms with Crippen molar-refractivity contribution >= 4 is 28.9 Å². The third-order valence-electron chi connectivity index (χ3n) is 4.91. The predicted octanol–water partition coefficient (Wildman–Crippen LogP) is 3.63. The van der Waals surface area contributed by atoms with Gasteiger partial charge in [0.05, 0.1) is 32.2 Å². The summed E-state index contributed by atoms with van der Waals surface area (Å²) in [6, 6.07) is 15.8. The van der Waals surface area contributed by atoms with Crippen LogP contribution in [0.3, 0.4) is 0 Å². The van der Waals surface area contributed by atoms with Crippen LogP contribution in [0.15, 0.2) is 78.3 Å². The van der Waals surface area contributed by atoms with E-state index < -0.39 is 11.9 Å². The van der Waals surface area contributed by atoms with Crippen LogP contribution < -0.4 is 19.6 Å². The first-order valence-electron chi connectivity index (χ1n) is 10.2. The number of carbonyl (C=O) groups excluding carboxylic acids is 2. The minimum Gasteiger partial charge on any atom is -0.493 e. The summed E-state index contributed by atoms with van der Waals surface area (Å²) in [6.45, 7) is 0. The van der Waals surface area contributed by atoms with Gasteiger partial charge in [0.15, 0.2) is 11.5 Å². The van der Waals surface area contributed by atoms with Crippen molar-refractivity contribution in [3.05, 3.63) is 90.0 Å². The lowest BCUT2D eigenvalue weighted by molar-refractivity contribution is 0.0734. The smallest absolute Gasteiger partial charge is 0.343 e. The Morgan fingerprint density at radius 2 is 1.74 bits per heavy atom. The number of nitrogens with zero attached hydrogens (tertiary/aromatic N) is 3. The van der Waals surface area contributed by atoms with Crippen LogP contribution >= 0.6 is 0 Å². The maximum absolute atomic E-state index is 12.9. The number of methoxy groups -OCH3 is 2. The molecule has 0 atom stereocenters. The van der Waals surface area contributed by atoms with Crippen molar-refractivity contribution in [3.8, 4) is 17.2 Å². The number of hydrogen-bond acceptors (Lipinski definition) is 8. The van der Waals surface area contributed by atoms with E-state index in [4.69, 9.17) is 14.2 Å². The molecule has 0 bridgehead atoms. The SMILES string of the molecule is COc1ccc(C(=O)Oc2ccc3ccccc3c2C=NNC(=O)c2cnccn2)cc1OC. The third kappa shape index (κ3) is 4.83. The van der Waals surface area contributed by atoms with E-state index in [0.29, 0.717) is 17.1 Å². The number of fused-ring (bicyclic) bond motifs is 1. The van der Waals surface area contributed by atoms with E-state index in [-0.39, 0.29) is 17.0 Å². The van der Waals surface area contributed by atoms with Crippen molar-refractivity contribution in [2.24, 2.45) is 5.10 Å². The summed E-state index contributed by atoms with van der Waals surface area (Å²) in [4.78, 5) is 32.9. The fourth-order valence-electron chi connectivity index (χ4n) is 3.25. The molecule has 1 amide bonds. The number of aromatic nitrogens is 2. The molecule has 0 aliphatic carbocycles. The van der Waals surface area contributed by atoms with Crippen LogP contribution in [0.4, 0.5) is 0 Å². The highest BCUT2D eigenvalue weighted by molar-refractivity contribution is 6.04. The number of rotatable bonds is 7. The molecule has 0 aliphatic rings. The third-order valence-corrected chi connectivity index (χ3v) is 4.91. The molecule has 0 saturated carbocycles. The fourth-order valence-corrected chi connectivity index (χ4v) is 3.25.